The van der Waals surface area contributed by atoms with Crippen LogP contribution in [0.1, 0.15) is 39.0 Å². The van der Waals surface area contributed by atoms with Crippen molar-refractivity contribution in [3.05, 3.63) is 12.2 Å². The lowest BCUT2D eigenvalue weighted by atomic mass is 10.0. The summed E-state index contributed by atoms with van der Waals surface area (Å²) in [4.78, 5) is 14.4. The molecule has 1 unspecified atom stereocenters. The van der Waals surface area contributed by atoms with Gasteiger partial charge in [0.2, 0.25) is 0 Å². The highest BCUT2D eigenvalue weighted by Crippen LogP contribution is 2.18. The smallest absolute Gasteiger partial charge is 0.315 e. The van der Waals surface area contributed by atoms with Crippen molar-refractivity contribution in [3.8, 4) is 0 Å². The van der Waals surface area contributed by atoms with Gasteiger partial charge in [-0.05, 0) is 32.2 Å². The number of nitrogens with zero attached hydrogens (tertiary/aromatic N) is 1. The third kappa shape index (κ3) is 5.00. The molecule has 1 aliphatic carbocycles. The van der Waals surface area contributed by atoms with Crippen LogP contribution in [-0.2, 0) is 0 Å². The Hall–Kier alpha value is -1.07. The molecule has 5 heteroatoms. The van der Waals surface area contributed by atoms with E-state index in [2.05, 4.69) is 22.5 Å². The van der Waals surface area contributed by atoms with E-state index in [4.69, 9.17) is 5.11 Å². The summed E-state index contributed by atoms with van der Waals surface area (Å²) in [6.45, 7) is 5.19. The van der Waals surface area contributed by atoms with Gasteiger partial charge in [-0.1, -0.05) is 25.5 Å². The lowest BCUT2D eigenvalue weighted by Crippen LogP contribution is -2.46. The SMILES string of the molecule is CCC1CCCCN1CCNC(=O)N[C@@H]1C=C[C@H](CO)C1. The number of hydrogen-bond acceptors (Lipinski definition) is 3. The number of nitrogens with one attached hydrogen (secondary N) is 2. The average molecular weight is 295 g/mol. The number of amides is 2. The summed E-state index contributed by atoms with van der Waals surface area (Å²) in [5.74, 6) is 0.189. The van der Waals surface area contributed by atoms with Crippen LogP contribution >= 0.6 is 0 Å². The first-order valence-corrected chi connectivity index (χ1v) is 8.30. The first-order chi connectivity index (χ1) is 10.2. The van der Waals surface area contributed by atoms with Crippen LogP contribution in [0, 0.1) is 5.92 Å². The van der Waals surface area contributed by atoms with Crippen molar-refractivity contribution in [3.63, 3.8) is 0 Å². The number of aliphatic hydroxyl groups is 1. The Morgan fingerprint density at radius 3 is 2.95 bits per heavy atom. The fourth-order valence-corrected chi connectivity index (χ4v) is 3.37. The maximum absolute atomic E-state index is 11.8. The number of urea groups is 1. The number of carbonyl (C=O) groups excluding carboxylic acids is 1. The molecule has 5 nitrogen and oxygen atoms in total. The normalized spacial score (nSPS) is 29.5. The highest BCUT2D eigenvalue weighted by Gasteiger charge is 2.21. The van der Waals surface area contributed by atoms with Crippen LogP contribution in [0.15, 0.2) is 12.2 Å². The Morgan fingerprint density at radius 1 is 1.38 bits per heavy atom. The van der Waals surface area contributed by atoms with E-state index in [-0.39, 0.29) is 24.6 Å². The van der Waals surface area contributed by atoms with Crippen molar-refractivity contribution in [1.29, 1.82) is 0 Å². The van der Waals surface area contributed by atoms with E-state index in [9.17, 15) is 4.79 Å². The predicted molar refractivity (Wildman–Crippen MR) is 84.2 cm³/mol. The second-order valence-electron chi connectivity index (χ2n) is 6.16. The molecule has 3 atom stereocenters. The van der Waals surface area contributed by atoms with Gasteiger partial charge >= 0.3 is 6.03 Å². The van der Waals surface area contributed by atoms with Gasteiger partial charge in [-0.25, -0.2) is 4.79 Å². The molecule has 0 aromatic carbocycles. The highest BCUT2D eigenvalue weighted by molar-refractivity contribution is 5.74. The molecule has 0 radical (unpaired) electrons. The van der Waals surface area contributed by atoms with Gasteiger partial charge in [0.1, 0.15) is 0 Å². The van der Waals surface area contributed by atoms with Crippen LogP contribution in [0.5, 0.6) is 0 Å². The molecular formula is C16H29N3O2. The number of rotatable bonds is 6. The molecule has 0 saturated carbocycles. The van der Waals surface area contributed by atoms with Gasteiger partial charge in [0.25, 0.3) is 0 Å². The van der Waals surface area contributed by atoms with Crippen molar-refractivity contribution in [2.45, 2.75) is 51.1 Å². The summed E-state index contributed by atoms with van der Waals surface area (Å²) in [5.41, 5.74) is 0. The van der Waals surface area contributed by atoms with Crippen molar-refractivity contribution >= 4 is 6.03 Å². The number of hydrogen-bond donors (Lipinski definition) is 3. The lowest BCUT2D eigenvalue weighted by Gasteiger charge is -2.35. The van der Waals surface area contributed by atoms with Crippen LogP contribution < -0.4 is 10.6 Å². The van der Waals surface area contributed by atoms with E-state index in [0.717, 1.165) is 19.5 Å². The van der Waals surface area contributed by atoms with E-state index in [1.54, 1.807) is 0 Å². The first-order valence-electron chi connectivity index (χ1n) is 8.30. The largest absolute Gasteiger partial charge is 0.396 e. The topological polar surface area (TPSA) is 64.6 Å². The van der Waals surface area contributed by atoms with E-state index in [1.165, 1.54) is 25.7 Å². The van der Waals surface area contributed by atoms with Crippen LogP contribution in [0.25, 0.3) is 0 Å². The molecule has 0 bridgehead atoms. The van der Waals surface area contributed by atoms with E-state index in [0.29, 0.717) is 12.6 Å². The Balaban J connectivity index is 1.62. The molecule has 0 spiro atoms. The standard InChI is InChI=1S/C16H29N3O2/c1-2-15-5-3-4-9-19(15)10-8-17-16(21)18-14-7-6-13(11-14)12-20/h6-7,13-15,20H,2-5,8-12H2,1H3,(H2,17,18,21)/t13-,14+,15?/m0/s1. The lowest BCUT2D eigenvalue weighted by molar-refractivity contribution is 0.145. The second kappa shape index (κ2) is 8.39. The number of aliphatic hydroxyl groups excluding tert-OH is 1. The molecule has 0 aromatic heterocycles. The summed E-state index contributed by atoms with van der Waals surface area (Å²) in [5, 5.41) is 15.0. The Bertz CT molecular complexity index is 359. The molecule has 2 aliphatic rings. The maximum atomic E-state index is 11.8. The monoisotopic (exact) mass is 295 g/mol. The number of likely N-dealkylation sites (tertiary alicyclic amines) is 1. The predicted octanol–water partition coefficient (Wildman–Crippen LogP) is 1.49. The quantitative estimate of drug-likeness (QED) is 0.651. The zero-order valence-corrected chi connectivity index (χ0v) is 13.1. The van der Waals surface area contributed by atoms with Gasteiger partial charge in [-0.15, -0.1) is 0 Å². The zero-order chi connectivity index (χ0) is 15.1. The minimum Gasteiger partial charge on any atom is -0.396 e. The first kappa shape index (κ1) is 16.3. The molecule has 1 aliphatic heterocycles. The molecule has 1 fully saturated rings. The third-order valence-corrected chi connectivity index (χ3v) is 4.63. The summed E-state index contributed by atoms with van der Waals surface area (Å²) >= 11 is 0. The Kier molecular flexibility index (Phi) is 6.51. The summed E-state index contributed by atoms with van der Waals surface area (Å²) < 4.78 is 0. The van der Waals surface area contributed by atoms with Gasteiger partial charge in [0, 0.05) is 37.7 Å². The van der Waals surface area contributed by atoms with Crippen LogP contribution in [0.3, 0.4) is 0 Å². The maximum Gasteiger partial charge on any atom is 0.315 e. The molecule has 2 amide bonds. The average Bonchev–Trinajstić information content (AvgIpc) is 2.95. The van der Waals surface area contributed by atoms with Gasteiger partial charge in [-0.2, -0.15) is 0 Å². The summed E-state index contributed by atoms with van der Waals surface area (Å²) in [7, 11) is 0. The third-order valence-electron chi connectivity index (χ3n) is 4.63. The molecule has 21 heavy (non-hydrogen) atoms. The minimum absolute atomic E-state index is 0.0560. The number of carbonyl (C=O) groups is 1. The van der Waals surface area contributed by atoms with Gasteiger partial charge in [0.15, 0.2) is 0 Å². The van der Waals surface area contributed by atoms with Crippen molar-refractivity contribution in [2.24, 2.45) is 5.92 Å². The summed E-state index contributed by atoms with van der Waals surface area (Å²) in [6, 6.07) is 0.639. The second-order valence-corrected chi connectivity index (χ2v) is 6.16. The van der Waals surface area contributed by atoms with Crippen LogP contribution in [0.4, 0.5) is 4.79 Å². The highest BCUT2D eigenvalue weighted by atomic mass is 16.3. The molecule has 120 valence electrons. The van der Waals surface area contributed by atoms with E-state index in [1.807, 2.05) is 12.2 Å². The molecule has 1 saturated heterocycles. The van der Waals surface area contributed by atoms with Gasteiger partial charge in [0.05, 0.1) is 0 Å². The fraction of sp³-hybridized carbons (Fsp3) is 0.812. The fourth-order valence-electron chi connectivity index (χ4n) is 3.37. The molecule has 0 aromatic rings. The molecular weight excluding hydrogens is 266 g/mol. The molecule has 2 rings (SSSR count). The Labute approximate surface area is 127 Å². The van der Waals surface area contributed by atoms with Gasteiger partial charge < -0.3 is 15.7 Å². The Morgan fingerprint density at radius 2 is 2.24 bits per heavy atom. The van der Waals surface area contributed by atoms with Crippen molar-refractivity contribution in [1.82, 2.24) is 15.5 Å². The van der Waals surface area contributed by atoms with Crippen LogP contribution in [-0.4, -0.2) is 54.4 Å². The van der Waals surface area contributed by atoms with Crippen molar-refractivity contribution < 1.29 is 9.90 Å². The van der Waals surface area contributed by atoms with Crippen molar-refractivity contribution in [2.75, 3.05) is 26.2 Å². The van der Waals surface area contributed by atoms with Gasteiger partial charge in [-0.3, -0.25) is 4.90 Å². The zero-order valence-electron chi connectivity index (χ0n) is 13.1. The number of piperidine rings is 1. The van der Waals surface area contributed by atoms with E-state index < -0.39 is 0 Å². The summed E-state index contributed by atoms with van der Waals surface area (Å²) in [6.07, 6.45) is 9.84. The molecule has 1 heterocycles. The minimum atomic E-state index is -0.103. The molecule has 3 N–H and O–H groups in total. The van der Waals surface area contributed by atoms with E-state index >= 15 is 0 Å². The van der Waals surface area contributed by atoms with Crippen LogP contribution in [0.2, 0.25) is 0 Å².